The number of nitrogens with two attached hydrogens (primary N) is 1. The highest BCUT2D eigenvalue weighted by molar-refractivity contribution is 5.92. The number of nitrogens with zero attached hydrogens (tertiary/aromatic N) is 2. The molecule has 0 aliphatic heterocycles. The molecule has 0 spiro atoms. The van der Waals surface area contributed by atoms with Crippen LogP contribution in [0.2, 0.25) is 0 Å². The summed E-state index contributed by atoms with van der Waals surface area (Å²) in [5.41, 5.74) is 10.1. The number of benzene rings is 1. The Hall–Kier alpha value is -3.76. The van der Waals surface area contributed by atoms with Gasteiger partial charge in [-0.25, -0.2) is 9.97 Å². The Kier molecular flexibility index (Phi) is 4.83. The highest BCUT2D eigenvalue weighted by Crippen LogP contribution is 2.32. The Balaban J connectivity index is 1.74. The van der Waals surface area contributed by atoms with Crippen LogP contribution in [-0.2, 0) is 6.18 Å². The van der Waals surface area contributed by atoms with E-state index in [4.69, 9.17) is 10.2 Å². The van der Waals surface area contributed by atoms with Gasteiger partial charge in [-0.1, -0.05) is 6.07 Å². The molecule has 0 aliphatic carbocycles. The van der Waals surface area contributed by atoms with Crippen LogP contribution in [0.3, 0.4) is 0 Å². The number of halogens is 3. The summed E-state index contributed by atoms with van der Waals surface area (Å²) in [6, 6.07) is 7.57. The van der Waals surface area contributed by atoms with E-state index < -0.39 is 17.6 Å². The van der Waals surface area contributed by atoms with Gasteiger partial charge >= 0.3 is 12.1 Å². The molecule has 140 valence electrons. The first kappa shape index (κ1) is 18.0. The van der Waals surface area contributed by atoms with Gasteiger partial charge in [0, 0.05) is 5.69 Å². The zero-order valence-corrected chi connectivity index (χ0v) is 13.5. The number of alkyl halides is 3. The van der Waals surface area contributed by atoms with Gasteiger partial charge in [-0.15, -0.1) is 0 Å². The minimum Gasteiger partial charge on any atom is -0.459 e. The van der Waals surface area contributed by atoms with Crippen molar-refractivity contribution in [1.82, 2.24) is 15.4 Å². The van der Waals surface area contributed by atoms with Gasteiger partial charge in [0.05, 0.1) is 11.8 Å². The normalized spacial score (nSPS) is 11.1. The van der Waals surface area contributed by atoms with Gasteiger partial charge in [-0.3, -0.25) is 15.6 Å². The Morgan fingerprint density at radius 1 is 1.11 bits per heavy atom. The Morgan fingerprint density at radius 3 is 2.59 bits per heavy atom. The summed E-state index contributed by atoms with van der Waals surface area (Å²) in [6.07, 6.45) is -2.00. The number of nitrogen functional groups attached to an aromatic ring is 1. The van der Waals surface area contributed by atoms with E-state index in [1.807, 2.05) is 0 Å². The highest BCUT2D eigenvalue weighted by atomic mass is 19.4. The zero-order chi connectivity index (χ0) is 19.4. The summed E-state index contributed by atoms with van der Waals surface area (Å²) in [6.45, 7) is 0. The molecule has 1 amide bonds. The van der Waals surface area contributed by atoms with Crippen LogP contribution in [0.5, 0.6) is 0 Å². The molecular weight excluding hydrogens is 365 g/mol. The fraction of sp³-hybridized carbons (Fsp3) is 0.0625. The third-order valence-electron chi connectivity index (χ3n) is 3.38. The van der Waals surface area contributed by atoms with Gasteiger partial charge < -0.3 is 15.5 Å². The van der Waals surface area contributed by atoms with Crippen molar-refractivity contribution in [3.8, 4) is 0 Å². The van der Waals surface area contributed by atoms with Crippen LogP contribution in [0.1, 0.15) is 16.1 Å². The molecule has 8 nitrogen and oxygen atoms in total. The summed E-state index contributed by atoms with van der Waals surface area (Å²) in [7, 11) is 0. The van der Waals surface area contributed by atoms with E-state index in [0.29, 0.717) is 0 Å². The van der Waals surface area contributed by atoms with Crippen molar-refractivity contribution in [3.63, 3.8) is 0 Å². The van der Waals surface area contributed by atoms with Crippen LogP contribution in [0.15, 0.2) is 53.4 Å². The maximum absolute atomic E-state index is 12.8. The van der Waals surface area contributed by atoms with Crippen molar-refractivity contribution in [2.45, 2.75) is 6.18 Å². The average Bonchev–Trinajstić information content (AvgIpc) is 3.16. The first-order valence-electron chi connectivity index (χ1n) is 7.49. The van der Waals surface area contributed by atoms with E-state index in [9.17, 15) is 18.0 Å². The molecule has 1 aromatic carbocycles. The number of carbonyl (C=O) groups excluding carboxylic acids is 1. The highest BCUT2D eigenvalue weighted by Gasteiger charge is 2.30. The van der Waals surface area contributed by atoms with Crippen LogP contribution in [0.4, 0.5) is 36.2 Å². The van der Waals surface area contributed by atoms with Gasteiger partial charge in [0.2, 0.25) is 0 Å². The summed E-state index contributed by atoms with van der Waals surface area (Å²) in [4.78, 5) is 19.6. The second-order valence-electron chi connectivity index (χ2n) is 5.24. The molecule has 27 heavy (non-hydrogen) atoms. The Labute approximate surface area is 150 Å². The molecule has 0 radical (unpaired) electrons. The van der Waals surface area contributed by atoms with Crippen molar-refractivity contribution < 1.29 is 22.4 Å². The van der Waals surface area contributed by atoms with E-state index in [1.165, 1.54) is 24.5 Å². The first-order valence-corrected chi connectivity index (χ1v) is 7.49. The fourth-order valence-corrected chi connectivity index (χ4v) is 2.09. The molecule has 0 atom stereocenters. The zero-order valence-electron chi connectivity index (χ0n) is 13.5. The third kappa shape index (κ3) is 4.26. The van der Waals surface area contributed by atoms with Crippen LogP contribution in [0, 0.1) is 0 Å². The van der Waals surface area contributed by atoms with Crippen LogP contribution >= 0.6 is 0 Å². The number of furan rings is 1. The largest absolute Gasteiger partial charge is 0.459 e. The number of hydrogen-bond donors (Lipinski definition) is 4. The lowest BCUT2D eigenvalue weighted by molar-refractivity contribution is -0.137. The number of hydrogen-bond acceptors (Lipinski definition) is 7. The van der Waals surface area contributed by atoms with Crippen LogP contribution in [-0.4, -0.2) is 15.9 Å². The van der Waals surface area contributed by atoms with Crippen molar-refractivity contribution in [3.05, 3.63) is 60.3 Å². The molecule has 0 aliphatic rings. The van der Waals surface area contributed by atoms with E-state index in [-0.39, 0.29) is 28.8 Å². The topological polar surface area (TPSA) is 118 Å². The maximum atomic E-state index is 12.8. The van der Waals surface area contributed by atoms with E-state index in [2.05, 4.69) is 26.1 Å². The molecule has 5 N–H and O–H groups in total. The molecule has 0 bridgehead atoms. The number of anilines is 4. The molecule has 0 saturated heterocycles. The van der Waals surface area contributed by atoms with Gasteiger partial charge in [0.15, 0.2) is 17.4 Å². The lowest BCUT2D eigenvalue weighted by atomic mass is 10.2. The lowest BCUT2D eigenvalue weighted by Gasteiger charge is -2.14. The Bertz CT molecular complexity index is 944. The van der Waals surface area contributed by atoms with Crippen molar-refractivity contribution in [2.24, 2.45) is 0 Å². The van der Waals surface area contributed by atoms with Gasteiger partial charge in [0.25, 0.3) is 0 Å². The smallest absolute Gasteiger partial charge is 0.416 e. The standard InChI is InChI=1S/C16H13F3N6O2/c17-16(18,19)9-3-1-4-10(7-9)23-13-12(20)14(22-8-21-13)24-25-15(26)11-5-2-6-27-11/h1-8H,20H2,(H,25,26)(H2,21,22,23,24). The first-order chi connectivity index (χ1) is 12.8. The lowest BCUT2D eigenvalue weighted by Crippen LogP contribution is -2.30. The number of amides is 1. The van der Waals surface area contributed by atoms with Gasteiger partial charge in [0.1, 0.15) is 12.0 Å². The maximum Gasteiger partial charge on any atom is 0.416 e. The second kappa shape index (κ2) is 7.23. The predicted molar refractivity (Wildman–Crippen MR) is 91.0 cm³/mol. The molecule has 2 aromatic heterocycles. The quantitative estimate of drug-likeness (QED) is 0.504. The van der Waals surface area contributed by atoms with Crippen LogP contribution in [0.25, 0.3) is 0 Å². The number of rotatable bonds is 5. The molecule has 0 fully saturated rings. The molecule has 2 heterocycles. The molecule has 0 saturated carbocycles. The number of hydrazine groups is 1. The molecule has 0 unspecified atom stereocenters. The summed E-state index contributed by atoms with van der Waals surface area (Å²) in [5, 5.41) is 2.69. The second-order valence-corrected chi connectivity index (χ2v) is 5.24. The summed E-state index contributed by atoms with van der Waals surface area (Å²) >= 11 is 0. The van der Waals surface area contributed by atoms with E-state index >= 15 is 0 Å². The average molecular weight is 378 g/mol. The van der Waals surface area contributed by atoms with E-state index in [1.54, 1.807) is 6.07 Å². The third-order valence-corrected chi connectivity index (χ3v) is 3.38. The van der Waals surface area contributed by atoms with E-state index in [0.717, 1.165) is 18.5 Å². The van der Waals surface area contributed by atoms with Crippen molar-refractivity contribution in [2.75, 3.05) is 16.5 Å². The molecule has 11 heteroatoms. The number of nitrogens with one attached hydrogen (secondary N) is 3. The predicted octanol–water partition coefficient (Wildman–Crippen LogP) is 3.17. The number of carbonyl (C=O) groups is 1. The number of aromatic nitrogens is 2. The van der Waals surface area contributed by atoms with Crippen molar-refractivity contribution in [1.29, 1.82) is 0 Å². The minimum atomic E-state index is -4.47. The molecule has 3 rings (SSSR count). The Morgan fingerprint density at radius 2 is 1.89 bits per heavy atom. The van der Waals surface area contributed by atoms with Crippen molar-refractivity contribution >= 4 is 28.9 Å². The van der Waals surface area contributed by atoms with Crippen LogP contribution < -0.4 is 21.9 Å². The summed E-state index contributed by atoms with van der Waals surface area (Å²) in [5.74, 6) is -0.374. The van der Waals surface area contributed by atoms with Gasteiger partial charge in [-0.05, 0) is 30.3 Å². The summed E-state index contributed by atoms with van der Waals surface area (Å²) < 4.78 is 43.4. The monoisotopic (exact) mass is 378 g/mol. The molecular formula is C16H13F3N6O2. The fourth-order valence-electron chi connectivity index (χ4n) is 2.09. The SMILES string of the molecule is Nc1c(NNC(=O)c2ccco2)ncnc1Nc1cccc(C(F)(F)F)c1. The molecule has 3 aromatic rings. The minimum absolute atomic E-state index is 0.00495. The van der Waals surface area contributed by atoms with Gasteiger partial charge in [-0.2, -0.15) is 13.2 Å².